The molecule has 1 heterocycles. The predicted octanol–water partition coefficient (Wildman–Crippen LogP) is 3.17. The number of fused-ring (bicyclic) bond motifs is 1. The summed E-state index contributed by atoms with van der Waals surface area (Å²) in [5.74, 6) is -0.654. The Bertz CT molecular complexity index is 683. The molecule has 0 saturated heterocycles. The van der Waals surface area contributed by atoms with Crippen molar-refractivity contribution in [3.05, 3.63) is 65.5 Å². The van der Waals surface area contributed by atoms with Gasteiger partial charge in [-0.25, -0.2) is 4.39 Å². The van der Waals surface area contributed by atoms with Gasteiger partial charge >= 0.3 is 5.97 Å². The molecule has 1 N–H and O–H groups in total. The van der Waals surface area contributed by atoms with Crippen molar-refractivity contribution in [2.45, 2.75) is 18.3 Å². The summed E-state index contributed by atoms with van der Waals surface area (Å²) in [4.78, 5) is 12.0. The number of carbonyl (C=O) groups is 1. The van der Waals surface area contributed by atoms with Crippen LogP contribution in [-0.2, 0) is 16.6 Å². The van der Waals surface area contributed by atoms with Crippen LogP contribution < -0.4 is 4.74 Å². The first-order valence-corrected chi connectivity index (χ1v) is 6.82. The van der Waals surface area contributed by atoms with Gasteiger partial charge in [-0.3, -0.25) is 4.79 Å². The Morgan fingerprint density at radius 3 is 2.81 bits per heavy atom. The van der Waals surface area contributed by atoms with E-state index in [0.29, 0.717) is 29.9 Å². The Morgan fingerprint density at radius 1 is 1.24 bits per heavy atom. The molecule has 1 aliphatic heterocycles. The van der Waals surface area contributed by atoms with Crippen LogP contribution in [0.5, 0.6) is 5.75 Å². The maximum atomic E-state index is 13.4. The van der Waals surface area contributed by atoms with Gasteiger partial charge in [0.2, 0.25) is 0 Å². The fourth-order valence-corrected chi connectivity index (χ4v) is 2.93. The second-order valence-corrected chi connectivity index (χ2v) is 5.29. The molecule has 0 radical (unpaired) electrons. The molecule has 0 bridgehead atoms. The Balaban J connectivity index is 2.08. The van der Waals surface area contributed by atoms with Crippen molar-refractivity contribution in [1.82, 2.24) is 0 Å². The highest BCUT2D eigenvalue weighted by molar-refractivity contribution is 5.83. The van der Waals surface area contributed by atoms with Gasteiger partial charge in [-0.15, -0.1) is 0 Å². The highest BCUT2D eigenvalue weighted by Crippen LogP contribution is 2.41. The van der Waals surface area contributed by atoms with Gasteiger partial charge in [-0.1, -0.05) is 30.3 Å². The monoisotopic (exact) mass is 286 g/mol. The molecule has 0 amide bonds. The molecular formula is C17H15FO3. The lowest BCUT2D eigenvalue weighted by molar-refractivity contribution is -0.145. The van der Waals surface area contributed by atoms with Crippen LogP contribution in [0.2, 0.25) is 0 Å². The van der Waals surface area contributed by atoms with Crippen LogP contribution in [0.4, 0.5) is 4.39 Å². The first-order valence-electron chi connectivity index (χ1n) is 6.82. The quantitative estimate of drug-likeness (QED) is 0.942. The normalized spacial score (nSPS) is 20.4. The lowest BCUT2D eigenvalue weighted by Gasteiger charge is -2.35. The van der Waals surface area contributed by atoms with Crippen molar-refractivity contribution in [1.29, 1.82) is 0 Å². The average molecular weight is 286 g/mol. The van der Waals surface area contributed by atoms with E-state index >= 15 is 0 Å². The molecule has 3 rings (SSSR count). The minimum Gasteiger partial charge on any atom is -0.493 e. The average Bonchev–Trinajstić information content (AvgIpc) is 2.47. The first-order chi connectivity index (χ1) is 10.1. The molecule has 108 valence electrons. The largest absolute Gasteiger partial charge is 0.493 e. The Kier molecular flexibility index (Phi) is 3.37. The van der Waals surface area contributed by atoms with Crippen molar-refractivity contribution in [2.75, 3.05) is 6.61 Å². The van der Waals surface area contributed by atoms with Crippen LogP contribution in [0.1, 0.15) is 17.5 Å². The molecule has 1 atom stereocenters. The smallest absolute Gasteiger partial charge is 0.314 e. The van der Waals surface area contributed by atoms with Crippen LogP contribution in [0, 0.1) is 5.82 Å². The number of para-hydroxylation sites is 1. The van der Waals surface area contributed by atoms with E-state index in [4.69, 9.17) is 4.74 Å². The fourth-order valence-electron chi connectivity index (χ4n) is 2.93. The maximum absolute atomic E-state index is 13.4. The summed E-state index contributed by atoms with van der Waals surface area (Å²) in [7, 11) is 0. The van der Waals surface area contributed by atoms with Gasteiger partial charge in [0, 0.05) is 12.0 Å². The number of benzene rings is 2. The van der Waals surface area contributed by atoms with E-state index in [2.05, 4.69) is 0 Å². The number of aliphatic carboxylic acids is 1. The van der Waals surface area contributed by atoms with Crippen molar-refractivity contribution < 1.29 is 19.0 Å². The summed E-state index contributed by atoms with van der Waals surface area (Å²) < 4.78 is 18.9. The fraction of sp³-hybridized carbons (Fsp3) is 0.235. The van der Waals surface area contributed by atoms with Gasteiger partial charge in [0.05, 0.1) is 6.61 Å². The van der Waals surface area contributed by atoms with Gasteiger partial charge in [-0.2, -0.15) is 0 Å². The van der Waals surface area contributed by atoms with E-state index in [9.17, 15) is 14.3 Å². The Hall–Kier alpha value is -2.36. The first kappa shape index (κ1) is 13.6. The molecule has 0 saturated carbocycles. The third kappa shape index (κ3) is 2.37. The standard InChI is InChI=1S/C17H15FO3/c18-13-5-3-4-12(10-13)11-17(16(19)20)8-9-21-15-7-2-1-6-14(15)17/h1-7,10H,8-9,11H2,(H,19,20). The summed E-state index contributed by atoms with van der Waals surface area (Å²) in [6.07, 6.45) is 0.621. The van der Waals surface area contributed by atoms with E-state index in [1.54, 1.807) is 30.3 Å². The van der Waals surface area contributed by atoms with E-state index in [0.717, 1.165) is 0 Å². The maximum Gasteiger partial charge on any atom is 0.314 e. The van der Waals surface area contributed by atoms with E-state index < -0.39 is 11.4 Å². The zero-order valence-corrected chi connectivity index (χ0v) is 11.4. The number of ether oxygens (including phenoxy) is 1. The lowest BCUT2D eigenvalue weighted by Crippen LogP contribution is -2.42. The minimum absolute atomic E-state index is 0.250. The Labute approximate surface area is 122 Å². The number of hydrogen-bond acceptors (Lipinski definition) is 2. The van der Waals surface area contributed by atoms with Gasteiger partial charge in [0.1, 0.15) is 17.0 Å². The number of carboxylic acid groups (broad SMARTS) is 1. The molecule has 4 heteroatoms. The summed E-state index contributed by atoms with van der Waals surface area (Å²) in [6.45, 7) is 0.346. The van der Waals surface area contributed by atoms with Crippen molar-refractivity contribution in [3.63, 3.8) is 0 Å². The summed E-state index contributed by atoms with van der Waals surface area (Å²) >= 11 is 0. The van der Waals surface area contributed by atoms with Crippen molar-refractivity contribution in [3.8, 4) is 5.75 Å². The zero-order valence-electron chi connectivity index (χ0n) is 11.4. The van der Waals surface area contributed by atoms with Crippen LogP contribution in [0.3, 0.4) is 0 Å². The third-order valence-electron chi connectivity index (χ3n) is 3.99. The number of halogens is 1. The molecular weight excluding hydrogens is 271 g/mol. The zero-order chi connectivity index (χ0) is 14.9. The van der Waals surface area contributed by atoms with Gasteiger partial charge in [0.25, 0.3) is 0 Å². The Morgan fingerprint density at radius 2 is 2.05 bits per heavy atom. The van der Waals surface area contributed by atoms with E-state index in [1.807, 2.05) is 6.07 Å². The lowest BCUT2D eigenvalue weighted by atomic mass is 9.72. The molecule has 0 aromatic heterocycles. The molecule has 2 aromatic rings. The predicted molar refractivity (Wildman–Crippen MR) is 76.0 cm³/mol. The minimum atomic E-state index is -1.07. The van der Waals surface area contributed by atoms with Crippen LogP contribution in [0.25, 0.3) is 0 Å². The highest BCUT2D eigenvalue weighted by Gasteiger charge is 2.44. The second kappa shape index (κ2) is 5.20. The van der Waals surface area contributed by atoms with Gasteiger partial charge < -0.3 is 9.84 Å². The SMILES string of the molecule is O=C(O)C1(Cc2cccc(F)c2)CCOc2ccccc21. The second-order valence-electron chi connectivity index (χ2n) is 5.29. The molecule has 3 nitrogen and oxygen atoms in total. The van der Waals surface area contributed by atoms with E-state index in [-0.39, 0.29) is 12.2 Å². The van der Waals surface area contributed by atoms with Gasteiger partial charge in [0.15, 0.2) is 0 Å². The summed E-state index contributed by atoms with van der Waals surface area (Å²) in [6, 6.07) is 13.3. The van der Waals surface area contributed by atoms with Crippen LogP contribution >= 0.6 is 0 Å². The molecule has 2 aromatic carbocycles. The van der Waals surface area contributed by atoms with Gasteiger partial charge in [-0.05, 0) is 30.2 Å². The van der Waals surface area contributed by atoms with Crippen molar-refractivity contribution >= 4 is 5.97 Å². The molecule has 21 heavy (non-hydrogen) atoms. The molecule has 1 aliphatic rings. The number of hydrogen-bond donors (Lipinski definition) is 1. The third-order valence-corrected chi connectivity index (χ3v) is 3.99. The molecule has 0 aliphatic carbocycles. The molecule has 1 unspecified atom stereocenters. The molecule has 0 fully saturated rings. The van der Waals surface area contributed by atoms with E-state index in [1.165, 1.54) is 12.1 Å². The highest BCUT2D eigenvalue weighted by atomic mass is 19.1. The summed E-state index contributed by atoms with van der Waals surface area (Å²) in [5.41, 5.74) is 0.268. The topological polar surface area (TPSA) is 46.5 Å². The van der Waals surface area contributed by atoms with Crippen molar-refractivity contribution in [2.24, 2.45) is 0 Å². The number of carboxylic acids is 1. The van der Waals surface area contributed by atoms with Crippen LogP contribution in [0.15, 0.2) is 48.5 Å². The number of rotatable bonds is 3. The molecule has 0 spiro atoms. The summed E-state index contributed by atoms with van der Waals surface area (Å²) in [5, 5.41) is 9.82. The van der Waals surface area contributed by atoms with Crippen LogP contribution in [-0.4, -0.2) is 17.7 Å².